The molecule has 1 aliphatic heterocycles. The Morgan fingerprint density at radius 2 is 2.24 bits per heavy atom. The molecule has 5 heteroatoms. The molecular formula is C12H14Cl2N2O. The standard InChI is InChI=1S/C12H14Cl2N2O/c1-7-4-5-15-11(7)12(17)16-10-3-2-8(13)6-9(10)14/h2-3,6-7,11,15H,4-5H2,1H3,(H,16,17). The number of nitrogens with one attached hydrogen (secondary N) is 2. The molecule has 1 heterocycles. The molecule has 92 valence electrons. The first-order chi connectivity index (χ1) is 8.08. The Morgan fingerprint density at radius 3 is 2.82 bits per heavy atom. The Labute approximate surface area is 110 Å². The van der Waals surface area contributed by atoms with Crippen molar-refractivity contribution in [1.82, 2.24) is 5.32 Å². The number of amides is 1. The lowest BCUT2D eigenvalue weighted by molar-refractivity contribution is -0.118. The molecule has 2 N–H and O–H groups in total. The first-order valence-electron chi connectivity index (χ1n) is 5.57. The zero-order valence-corrected chi connectivity index (χ0v) is 11.0. The highest BCUT2D eigenvalue weighted by atomic mass is 35.5. The summed E-state index contributed by atoms with van der Waals surface area (Å²) >= 11 is 11.8. The van der Waals surface area contributed by atoms with Crippen LogP contribution in [-0.2, 0) is 4.79 Å². The molecular weight excluding hydrogens is 259 g/mol. The highest BCUT2D eigenvalue weighted by Crippen LogP contribution is 2.26. The summed E-state index contributed by atoms with van der Waals surface area (Å²) in [6.07, 6.45) is 1.02. The third-order valence-electron chi connectivity index (χ3n) is 3.00. The van der Waals surface area contributed by atoms with Gasteiger partial charge < -0.3 is 10.6 Å². The van der Waals surface area contributed by atoms with Gasteiger partial charge in [-0.25, -0.2) is 0 Å². The third-order valence-corrected chi connectivity index (χ3v) is 3.55. The molecule has 0 bridgehead atoms. The maximum absolute atomic E-state index is 12.0. The molecule has 2 atom stereocenters. The molecule has 0 aromatic heterocycles. The fourth-order valence-corrected chi connectivity index (χ4v) is 2.44. The quantitative estimate of drug-likeness (QED) is 0.869. The first kappa shape index (κ1) is 12.7. The van der Waals surface area contributed by atoms with Crippen molar-refractivity contribution in [1.29, 1.82) is 0 Å². The van der Waals surface area contributed by atoms with Crippen molar-refractivity contribution in [3.05, 3.63) is 28.2 Å². The monoisotopic (exact) mass is 272 g/mol. The van der Waals surface area contributed by atoms with E-state index in [4.69, 9.17) is 23.2 Å². The Balaban J connectivity index is 2.07. The molecule has 0 saturated carbocycles. The van der Waals surface area contributed by atoms with E-state index in [1.165, 1.54) is 0 Å². The van der Waals surface area contributed by atoms with Crippen LogP contribution in [0.2, 0.25) is 10.0 Å². The van der Waals surface area contributed by atoms with E-state index in [-0.39, 0.29) is 11.9 Å². The fourth-order valence-electron chi connectivity index (χ4n) is 1.99. The topological polar surface area (TPSA) is 41.1 Å². The molecule has 2 unspecified atom stereocenters. The normalized spacial score (nSPS) is 23.7. The van der Waals surface area contributed by atoms with E-state index in [9.17, 15) is 4.79 Å². The van der Waals surface area contributed by atoms with E-state index < -0.39 is 0 Å². The van der Waals surface area contributed by atoms with E-state index >= 15 is 0 Å². The van der Waals surface area contributed by atoms with Gasteiger partial charge >= 0.3 is 0 Å². The van der Waals surface area contributed by atoms with Crippen molar-refractivity contribution in [3.63, 3.8) is 0 Å². The summed E-state index contributed by atoms with van der Waals surface area (Å²) in [6, 6.07) is 4.89. The summed E-state index contributed by atoms with van der Waals surface area (Å²) in [6.45, 7) is 2.95. The van der Waals surface area contributed by atoms with Gasteiger partial charge in [-0.3, -0.25) is 4.79 Å². The number of carbonyl (C=O) groups is 1. The molecule has 1 aliphatic rings. The lowest BCUT2D eigenvalue weighted by Gasteiger charge is -2.16. The minimum absolute atomic E-state index is 0.0424. The SMILES string of the molecule is CC1CCNC1C(=O)Nc1ccc(Cl)cc1Cl. The summed E-state index contributed by atoms with van der Waals surface area (Å²) < 4.78 is 0. The van der Waals surface area contributed by atoms with Gasteiger partial charge in [-0.05, 0) is 37.1 Å². The number of anilines is 1. The Kier molecular flexibility index (Phi) is 3.92. The molecule has 0 radical (unpaired) electrons. The van der Waals surface area contributed by atoms with Crippen molar-refractivity contribution >= 4 is 34.8 Å². The predicted octanol–water partition coefficient (Wildman–Crippen LogP) is 2.93. The second-order valence-corrected chi connectivity index (χ2v) is 5.15. The van der Waals surface area contributed by atoms with Crippen LogP contribution in [-0.4, -0.2) is 18.5 Å². The van der Waals surface area contributed by atoms with Gasteiger partial charge in [0.2, 0.25) is 5.91 Å². The fraction of sp³-hybridized carbons (Fsp3) is 0.417. The minimum Gasteiger partial charge on any atom is -0.323 e. The summed E-state index contributed by atoms with van der Waals surface area (Å²) in [5, 5.41) is 7.00. The lowest BCUT2D eigenvalue weighted by Crippen LogP contribution is -2.39. The smallest absolute Gasteiger partial charge is 0.241 e. The Morgan fingerprint density at radius 1 is 1.47 bits per heavy atom. The average molecular weight is 273 g/mol. The van der Waals surface area contributed by atoms with Gasteiger partial charge in [-0.1, -0.05) is 30.1 Å². The number of hydrogen-bond acceptors (Lipinski definition) is 2. The molecule has 2 rings (SSSR count). The summed E-state index contributed by atoms with van der Waals surface area (Å²) in [7, 11) is 0. The zero-order chi connectivity index (χ0) is 12.4. The van der Waals surface area contributed by atoms with Crippen molar-refractivity contribution in [2.45, 2.75) is 19.4 Å². The minimum atomic E-state index is -0.137. The van der Waals surface area contributed by atoms with E-state index in [2.05, 4.69) is 17.6 Å². The molecule has 1 saturated heterocycles. The van der Waals surface area contributed by atoms with Crippen LogP contribution in [0.4, 0.5) is 5.69 Å². The largest absolute Gasteiger partial charge is 0.323 e. The predicted molar refractivity (Wildman–Crippen MR) is 70.7 cm³/mol. The van der Waals surface area contributed by atoms with Crippen LogP contribution in [0, 0.1) is 5.92 Å². The van der Waals surface area contributed by atoms with Crippen LogP contribution in [0.3, 0.4) is 0 Å². The first-order valence-corrected chi connectivity index (χ1v) is 6.33. The van der Waals surface area contributed by atoms with Gasteiger partial charge in [0.25, 0.3) is 0 Å². The molecule has 1 aromatic carbocycles. The van der Waals surface area contributed by atoms with Crippen molar-refractivity contribution < 1.29 is 4.79 Å². The highest BCUT2D eigenvalue weighted by Gasteiger charge is 2.29. The van der Waals surface area contributed by atoms with Crippen LogP contribution >= 0.6 is 23.2 Å². The van der Waals surface area contributed by atoms with Gasteiger partial charge in [0.15, 0.2) is 0 Å². The number of hydrogen-bond donors (Lipinski definition) is 2. The molecule has 1 aromatic rings. The van der Waals surface area contributed by atoms with E-state index in [0.717, 1.165) is 13.0 Å². The summed E-state index contributed by atoms with van der Waals surface area (Å²) in [5.74, 6) is 0.306. The van der Waals surface area contributed by atoms with Crippen molar-refractivity contribution in [2.24, 2.45) is 5.92 Å². The lowest BCUT2D eigenvalue weighted by atomic mass is 10.0. The summed E-state index contributed by atoms with van der Waals surface area (Å²) in [5.41, 5.74) is 0.599. The van der Waals surface area contributed by atoms with Crippen LogP contribution in [0.25, 0.3) is 0 Å². The van der Waals surface area contributed by atoms with Crippen LogP contribution in [0.5, 0.6) is 0 Å². The van der Waals surface area contributed by atoms with Crippen molar-refractivity contribution in [3.8, 4) is 0 Å². The van der Waals surface area contributed by atoms with Gasteiger partial charge in [-0.2, -0.15) is 0 Å². The Bertz CT molecular complexity index is 437. The molecule has 1 fully saturated rings. The second-order valence-electron chi connectivity index (χ2n) is 4.31. The van der Waals surface area contributed by atoms with Gasteiger partial charge in [-0.15, -0.1) is 0 Å². The van der Waals surface area contributed by atoms with E-state index in [0.29, 0.717) is 21.7 Å². The van der Waals surface area contributed by atoms with Crippen molar-refractivity contribution in [2.75, 3.05) is 11.9 Å². The highest BCUT2D eigenvalue weighted by molar-refractivity contribution is 6.36. The van der Waals surface area contributed by atoms with Crippen LogP contribution < -0.4 is 10.6 Å². The third kappa shape index (κ3) is 2.92. The van der Waals surface area contributed by atoms with Crippen LogP contribution in [0.1, 0.15) is 13.3 Å². The average Bonchev–Trinajstić information content (AvgIpc) is 2.68. The number of benzene rings is 1. The second kappa shape index (κ2) is 5.25. The van der Waals surface area contributed by atoms with Gasteiger partial charge in [0.1, 0.15) is 0 Å². The maximum Gasteiger partial charge on any atom is 0.241 e. The zero-order valence-electron chi connectivity index (χ0n) is 9.47. The van der Waals surface area contributed by atoms with Gasteiger partial charge in [0, 0.05) is 5.02 Å². The number of carbonyl (C=O) groups excluding carboxylic acids is 1. The molecule has 1 amide bonds. The van der Waals surface area contributed by atoms with Crippen LogP contribution in [0.15, 0.2) is 18.2 Å². The van der Waals surface area contributed by atoms with E-state index in [1.807, 2.05) is 0 Å². The molecule has 0 spiro atoms. The molecule has 0 aliphatic carbocycles. The Hall–Kier alpha value is -0.770. The van der Waals surface area contributed by atoms with E-state index in [1.54, 1.807) is 18.2 Å². The maximum atomic E-state index is 12.0. The number of halogens is 2. The van der Waals surface area contributed by atoms with Gasteiger partial charge in [0.05, 0.1) is 16.8 Å². The summed E-state index contributed by atoms with van der Waals surface area (Å²) in [4.78, 5) is 12.0. The molecule has 17 heavy (non-hydrogen) atoms. The number of rotatable bonds is 2. The molecule has 3 nitrogen and oxygen atoms in total.